The van der Waals surface area contributed by atoms with Crippen LogP contribution in [0.25, 0.3) is 6.08 Å². The van der Waals surface area contributed by atoms with E-state index in [1.807, 2.05) is 56.6 Å². The summed E-state index contributed by atoms with van der Waals surface area (Å²) in [5.41, 5.74) is 2.52. The van der Waals surface area contributed by atoms with Crippen LogP contribution in [0, 0.1) is 5.92 Å². The van der Waals surface area contributed by atoms with Gasteiger partial charge in [0, 0.05) is 18.9 Å². The second-order valence-corrected chi connectivity index (χ2v) is 8.25. The van der Waals surface area contributed by atoms with Gasteiger partial charge < -0.3 is 19.5 Å². The van der Waals surface area contributed by atoms with Crippen LogP contribution in [-0.2, 0) is 10.3 Å². The standard InChI is InChI=1S/C25H31NO4/c1-26(2)17-22-12-11-19(13-18-7-5-8-20(14-18)24(27)30-4)16-25(22,28)21-9-6-10-23(15-21)29-3/h5-10,13-15,22,28H,11-12,16-17H2,1-4H3/b19-13-/t22-,25-/m0/s1. The van der Waals surface area contributed by atoms with Crippen molar-refractivity contribution < 1.29 is 19.4 Å². The second-order valence-electron chi connectivity index (χ2n) is 8.25. The van der Waals surface area contributed by atoms with Crippen molar-refractivity contribution >= 4 is 12.0 Å². The number of methoxy groups -OCH3 is 2. The van der Waals surface area contributed by atoms with Gasteiger partial charge in [0.15, 0.2) is 0 Å². The lowest BCUT2D eigenvalue weighted by Crippen LogP contribution is -2.43. The van der Waals surface area contributed by atoms with Gasteiger partial charge in [0.1, 0.15) is 5.75 Å². The smallest absolute Gasteiger partial charge is 0.337 e. The molecule has 0 saturated heterocycles. The average Bonchev–Trinajstić information content (AvgIpc) is 2.75. The molecule has 2 aromatic carbocycles. The molecule has 1 fully saturated rings. The quantitative estimate of drug-likeness (QED) is 0.728. The minimum Gasteiger partial charge on any atom is -0.497 e. The van der Waals surface area contributed by atoms with Crippen LogP contribution in [0.15, 0.2) is 54.1 Å². The van der Waals surface area contributed by atoms with E-state index in [-0.39, 0.29) is 11.9 Å². The molecule has 0 unspecified atom stereocenters. The van der Waals surface area contributed by atoms with Crippen LogP contribution < -0.4 is 4.74 Å². The van der Waals surface area contributed by atoms with E-state index in [0.29, 0.717) is 12.0 Å². The van der Waals surface area contributed by atoms with Gasteiger partial charge in [-0.2, -0.15) is 0 Å². The van der Waals surface area contributed by atoms with Crippen LogP contribution >= 0.6 is 0 Å². The van der Waals surface area contributed by atoms with E-state index in [4.69, 9.17) is 9.47 Å². The Labute approximate surface area is 178 Å². The Morgan fingerprint density at radius 3 is 2.67 bits per heavy atom. The largest absolute Gasteiger partial charge is 0.497 e. The molecule has 0 aliphatic heterocycles. The van der Waals surface area contributed by atoms with Crippen LogP contribution in [0.2, 0.25) is 0 Å². The van der Waals surface area contributed by atoms with Crippen molar-refractivity contribution in [2.45, 2.75) is 24.9 Å². The van der Waals surface area contributed by atoms with Crippen molar-refractivity contribution in [3.05, 3.63) is 70.8 Å². The zero-order chi connectivity index (χ0) is 21.7. The minimum atomic E-state index is -0.983. The van der Waals surface area contributed by atoms with E-state index in [1.54, 1.807) is 13.2 Å². The zero-order valence-corrected chi connectivity index (χ0v) is 18.2. The summed E-state index contributed by atoms with van der Waals surface area (Å²) >= 11 is 0. The Balaban J connectivity index is 1.95. The SMILES string of the molecule is COC(=O)c1cccc(/C=C2/CC[C@@H](CN(C)C)[C@@](O)(c3cccc(OC)c3)C2)c1. The summed E-state index contributed by atoms with van der Waals surface area (Å²) in [7, 11) is 7.10. The Morgan fingerprint density at radius 1 is 1.20 bits per heavy atom. The topological polar surface area (TPSA) is 59.0 Å². The third-order valence-electron chi connectivity index (χ3n) is 5.82. The fourth-order valence-electron chi connectivity index (χ4n) is 4.32. The summed E-state index contributed by atoms with van der Waals surface area (Å²) in [4.78, 5) is 14.0. The first-order chi connectivity index (χ1) is 14.4. The highest BCUT2D eigenvalue weighted by molar-refractivity contribution is 5.90. The van der Waals surface area contributed by atoms with Crippen molar-refractivity contribution in [2.75, 3.05) is 34.9 Å². The first-order valence-electron chi connectivity index (χ1n) is 10.2. The van der Waals surface area contributed by atoms with Crippen LogP contribution in [0.3, 0.4) is 0 Å². The highest BCUT2D eigenvalue weighted by atomic mass is 16.5. The molecule has 1 aliphatic rings. The third kappa shape index (κ3) is 4.91. The number of rotatable bonds is 6. The number of benzene rings is 2. The number of hydrogen-bond donors (Lipinski definition) is 1. The van der Waals surface area contributed by atoms with E-state index >= 15 is 0 Å². The molecule has 0 aromatic heterocycles. The molecular formula is C25H31NO4. The van der Waals surface area contributed by atoms with Gasteiger partial charge in [0.2, 0.25) is 0 Å². The van der Waals surface area contributed by atoms with Crippen molar-refractivity contribution in [3.63, 3.8) is 0 Å². The molecule has 0 spiro atoms. The predicted octanol–water partition coefficient (Wildman–Crippen LogP) is 4.11. The maximum absolute atomic E-state index is 11.9. The maximum Gasteiger partial charge on any atom is 0.337 e. The highest BCUT2D eigenvalue weighted by Gasteiger charge is 2.42. The molecule has 1 aliphatic carbocycles. The van der Waals surface area contributed by atoms with Crippen molar-refractivity contribution in [3.8, 4) is 5.75 Å². The van der Waals surface area contributed by atoms with Gasteiger partial charge in [-0.3, -0.25) is 0 Å². The molecule has 3 rings (SSSR count). The molecule has 0 radical (unpaired) electrons. The Bertz CT molecular complexity index is 921. The molecule has 2 atom stereocenters. The van der Waals surface area contributed by atoms with Crippen LogP contribution in [0.5, 0.6) is 5.75 Å². The monoisotopic (exact) mass is 409 g/mol. The van der Waals surface area contributed by atoms with Crippen molar-refractivity contribution in [1.82, 2.24) is 4.90 Å². The first-order valence-corrected chi connectivity index (χ1v) is 10.2. The fraction of sp³-hybridized carbons (Fsp3) is 0.400. The third-order valence-corrected chi connectivity index (χ3v) is 5.82. The Morgan fingerprint density at radius 2 is 1.97 bits per heavy atom. The molecule has 30 heavy (non-hydrogen) atoms. The molecule has 1 saturated carbocycles. The Hall–Kier alpha value is -2.63. The zero-order valence-electron chi connectivity index (χ0n) is 18.2. The molecular weight excluding hydrogens is 378 g/mol. The number of nitrogens with zero attached hydrogens (tertiary/aromatic N) is 1. The highest BCUT2D eigenvalue weighted by Crippen LogP contribution is 2.45. The van der Waals surface area contributed by atoms with Gasteiger partial charge in [0.25, 0.3) is 0 Å². The van der Waals surface area contributed by atoms with Gasteiger partial charge in [-0.25, -0.2) is 4.79 Å². The molecule has 160 valence electrons. The lowest BCUT2D eigenvalue weighted by Gasteiger charge is -2.43. The normalized spacial score (nSPS) is 22.9. The molecule has 2 aromatic rings. The number of esters is 1. The van der Waals surface area contributed by atoms with E-state index < -0.39 is 5.60 Å². The molecule has 5 heteroatoms. The van der Waals surface area contributed by atoms with Crippen LogP contribution in [0.4, 0.5) is 0 Å². The van der Waals surface area contributed by atoms with Gasteiger partial charge in [0.05, 0.1) is 25.4 Å². The van der Waals surface area contributed by atoms with E-state index in [1.165, 1.54) is 7.11 Å². The number of aliphatic hydroxyl groups is 1. The first kappa shape index (κ1) is 22.1. The summed E-state index contributed by atoms with van der Waals surface area (Å²) in [6.45, 7) is 0.804. The lowest BCUT2D eigenvalue weighted by atomic mass is 9.69. The number of hydrogen-bond acceptors (Lipinski definition) is 5. The average molecular weight is 410 g/mol. The van der Waals surface area contributed by atoms with Crippen molar-refractivity contribution in [2.24, 2.45) is 5.92 Å². The van der Waals surface area contributed by atoms with Gasteiger partial charge in [-0.05, 0) is 62.3 Å². The molecule has 0 amide bonds. The number of carbonyl (C=O) groups is 1. The van der Waals surface area contributed by atoms with E-state index in [9.17, 15) is 9.90 Å². The second kappa shape index (κ2) is 9.45. The summed E-state index contributed by atoms with van der Waals surface area (Å²) in [6, 6.07) is 15.1. The lowest BCUT2D eigenvalue weighted by molar-refractivity contribution is -0.0472. The van der Waals surface area contributed by atoms with Crippen molar-refractivity contribution in [1.29, 1.82) is 0 Å². The molecule has 0 bridgehead atoms. The summed E-state index contributed by atoms with van der Waals surface area (Å²) < 4.78 is 10.2. The molecule has 0 heterocycles. The van der Waals surface area contributed by atoms with Crippen LogP contribution in [0.1, 0.15) is 40.7 Å². The van der Waals surface area contributed by atoms with Gasteiger partial charge in [-0.15, -0.1) is 0 Å². The van der Waals surface area contributed by atoms with E-state index in [2.05, 4.69) is 11.0 Å². The fourth-order valence-corrected chi connectivity index (χ4v) is 4.32. The maximum atomic E-state index is 11.9. The van der Waals surface area contributed by atoms with Gasteiger partial charge in [-0.1, -0.05) is 35.9 Å². The number of ether oxygens (including phenoxy) is 2. The summed E-state index contributed by atoms with van der Waals surface area (Å²) in [5.74, 6) is 0.502. The number of carbonyl (C=O) groups excluding carboxylic acids is 1. The van der Waals surface area contributed by atoms with Gasteiger partial charge >= 0.3 is 5.97 Å². The van der Waals surface area contributed by atoms with E-state index in [0.717, 1.165) is 41.8 Å². The van der Waals surface area contributed by atoms with Crippen LogP contribution in [-0.4, -0.2) is 50.8 Å². The predicted molar refractivity (Wildman–Crippen MR) is 119 cm³/mol. The minimum absolute atomic E-state index is 0.109. The molecule has 1 N–H and O–H groups in total. The Kier molecular flexibility index (Phi) is 6.95. The molecule has 5 nitrogen and oxygen atoms in total. The summed E-state index contributed by atoms with van der Waals surface area (Å²) in [5, 5.41) is 11.9. The summed E-state index contributed by atoms with van der Waals surface area (Å²) in [6.07, 6.45) is 4.42.